The zero-order chi connectivity index (χ0) is 8.39. The Hall–Kier alpha value is -0.740. The molecule has 1 aromatic rings. The third-order valence-corrected chi connectivity index (χ3v) is 3.05. The zero-order valence-corrected chi connectivity index (χ0v) is 7.43. The molecule has 1 aliphatic heterocycles. The van der Waals surface area contributed by atoms with E-state index in [1.807, 2.05) is 0 Å². The monoisotopic (exact) mass is 182 g/mol. The smallest absolute Gasteiger partial charge is 0.161 e. The van der Waals surface area contributed by atoms with Crippen LogP contribution in [0.2, 0.25) is 0 Å². The highest BCUT2D eigenvalue weighted by Crippen LogP contribution is 2.25. The summed E-state index contributed by atoms with van der Waals surface area (Å²) in [6.45, 7) is 1.07. The molecule has 0 aromatic carbocycles. The lowest BCUT2D eigenvalue weighted by atomic mass is 10.2. The number of nitrogens with one attached hydrogen (secondary N) is 1. The van der Waals surface area contributed by atoms with Crippen molar-refractivity contribution in [2.24, 2.45) is 0 Å². The van der Waals surface area contributed by atoms with E-state index in [-0.39, 0.29) is 0 Å². The van der Waals surface area contributed by atoms with E-state index in [1.54, 1.807) is 6.20 Å². The van der Waals surface area contributed by atoms with E-state index in [1.165, 1.54) is 17.8 Å². The molecular formula is C8H10N2OS. The molecule has 1 saturated heterocycles. The predicted molar refractivity (Wildman–Crippen MR) is 47.5 cm³/mol. The molecule has 1 atom stereocenters. The van der Waals surface area contributed by atoms with E-state index in [2.05, 4.69) is 10.3 Å². The maximum atomic E-state index is 10.4. The Morgan fingerprint density at radius 2 is 2.67 bits per heavy atom. The third kappa shape index (κ3) is 1.40. The molecule has 1 aromatic heterocycles. The summed E-state index contributed by atoms with van der Waals surface area (Å²) in [5, 5.41) is 4.39. The van der Waals surface area contributed by atoms with Gasteiger partial charge in [0.1, 0.15) is 5.01 Å². The van der Waals surface area contributed by atoms with Crippen molar-refractivity contribution in [3.63, 3.8) is 0 Å². The van der Waals surface area contributed by atoms with Crippen LogP contribution >= 0.6 is 11.3 Å². The minimum atomic E-state index is 0.392. The highest BCUT2D eigenvalue weighted by molar-refractivity contribution is 7.13. The molecule has 64 valence electrons. The molecule has 1 fully saturated rings. The highest BCUT2D eigenvalue weighted by atomic mass is 32.1. The summed E-state index contributed by atoms with van der Waals surface area (Å²) >= 11 is 1.49. The summed E-state index contributed by atoms with van der Waals surface area (Å²) in [6, 6.07) is 0.392. The molecule has 2 rings (SSSR count). The summed E-state index contributed by atoms with van der Waals surface area (Å²) in [4.78, 5) is 15.3. The Labute approximate surface area is 74.8 Å². The van der Waals surface area contributed by atoms with E-state index in [0.29, 0.717) is 6.04 Å². The van der Waals surface area contributed by atoms with Crippen LogP contribution in [0.15, 0.2) is 6.20 Å². The normalized spacial score (nSPS) is 22.8. The third-order valence-electron chi connectivity index (χ3n) is 2.02. The maximum Gasteiger partial charge on any atom is 0.161 e. The number of carbonyl (C=O) groups excluding carboxylic acids is 1. The lowest BCUT2D eigenvalue weighted by molar-refractivity contribution is 0.112. The van der Waals surface area contributed by atoms with Gasteiger partial charge in [0, 0.05) is 6.20 Å². The second-order valence-corrected chi connectivity index (χ2v) is 3.96. The average Bonchev–Trinajstić information content (AvgIpc) is 2.75. The first kappa shape index (κ1) is 7.89. The Bertz CT molecular complexity index is 278. The Kier molecular flexibility index (Phi) is 2.19. The molecule has 0 amide bonds. The van der Waals surface area contributed by atoms with E-state index in [0.717, 1.165) is 29.1 Å². The molecule has 12 heavy (non-hydrogen) atoms. The summed E-state index contributed by atoms with van der Waals surface area (Å²) in [6.07, 6.45) is 4.86. The molecule has 2 heterocycles. The second kappa shape index (κ2) is 3.33. The molecule has 3 nitrogen and oxygen atoms in total. The fourth-order valence-corrected chi connectivity index (χ4v) is 2.26. The standard InChI is InChI=1S/C8H10N2OS/c11-5-6-4-10-8(12-6)7-2-1-3-9-7/h4-5,7,9H,1-3H2. The molecule has 0 saturated carbocycles. The lowest BCUT2D eigenvalue weighted by Crippen LogP contribution is -2.12. The van der Waals surface area contributed by atoms with Crippen LogP contribution in [0.3, 0.4) is 0 Å². The number of carbonyl (C=O) groups is 1. The molecule has 0 bridgehead atoms. The number of nitrogens with zero attached hydrogens (tertiary/aromatic N) is 1. The lowest BCUT2D eigenvalue weighted by Gasteiger charge is -2.03. The van der Waals surface area contributed by atoms with Gasteiger partial charge >= 0.3 is 0 Å². The van der Waals surface area contributed by atoms with Crippen LogP contribution in [0.5, 0.6) is 0 Å². The van der Waals surface area contributed by atoms with E-state index in [4.69, 9.17) is 0 Å². The Morgan fingerprint density at radius 1 is 1.75 bits per heavy atom. The first-order chi connectivity index (χ1) is 5.90. The van der Waals surface area contributed by atoms with Crippen molar-refractivity contribution < 1.29 is 4.79 Å². The predicted octanol–water partition coefficient (Wildman–Crippen LogP) is 1.38. The van der Waals surface area contributed by atoms with Crippen molar-refractivity contribution in [1.82, 2.24) is 10.3 Å². The van der Waals surface area contributed by atoms with Gasteiger partial charge in [-0.2, -0.15) is 0 Å². The van der Waals surface area contributed by atoms with Gasteiger partial charge in [-0.05, 0) is 19.4 Å². The van der Waals surface area contributed by atoms with E-state index < -0.39 is 0 Å². The van der Waals surface area contributed by atoms with Crippen molar-refractivity contribution in [1.29, 1.82) is 0 Å². The van der Waals surface area contributed by atoms with Crippen LogP contribution in [0.1, 0.15) is 33.6 Å². The largest absolute Gasteiger partial charge is 0.308 e. The number of thiazole rings is 1. The van der Waals surface area contributed by atoms with E-state index >= 15 is 0 Å². The number of aldehydes is 1. The molecule has 1 aliphatic rings. The van der Waals surface area contributed by atoms with Gasteiger partial charge in [0.15, 0.2) is 6.29 Å². The van der Waals surface area contributed by atoms with Gasteiger partial charge in [-0.3, -0.25) is 4.79 Å². The SMILES string of the molecule is O=Cc1cnc(C2CCCN2)s1. The summed E-state index contributed by atoms with van der Waals surface area (Å²) in [5.74, 6) is 0. The molecule has 0 spiro atoms. The molecule has 0 radical (unpaired) electrons. The number of hydrogen-bond acceptors (Lipinski definition) is 4. The minimum Gasteiger partial charge on any atom is -0.308 e. The average molecular weight is 182 g/mol. The van der Waals surface area contributed by atoms with Gasteiger partial charge in [-0.15, -0.1) is 11.3 Å². The van der Waals surface area contributed by atoms with Crippen molar-refractivity contribution in [2.75, 3.05) is 6.54 Å². The quantitative estimate of drug-likeness (QED) is 0.702. The van der Waals surface area contributed by atoms with Crippen molar-refractivity contribution in [3.05, 3.63) is 16.1 Å². The van der Waals surface area contributed by atoms with Gasteiger partial charge in [0.05, 0.1) is 10.9 Å². The summed E-state index contributed by atoms with van der Waals surface area (Å²) in [7, 11) is 0. The summed E-state index contributed by atoms with van der Waals surface area (Å²) in [5.41, 5.74) is 0. The molecule has 0 aliphatic carbocycles. The minimum absolute atomic E-state index is 0.392. The van der Waals surface area contributed by atoms with Crippen LogP contribution in [0.25, 0.3) is 0 Å². The zero-order valence-electron chi connectivity index (χ0n) is 6.62. The fourth-order valence-electron chi connectivity index (χ4n) is 1.41. The van der Waals surface area contributed by atoms with Gasteiger partial charge in [-0.1, -0.05) is 0 Å². The number of rotatable bonds is 2. The summed E-state index contributed by atoms with van der Waals surface area (Å²) < 4.78 is 0. The fraction of sp³-hybridized carbons (Fsp3) is 0.500. The highest BCUT2D eigenvalue weighted by Gasteiger charge is 2.18. The molecule has 4 heteroatoms. The first-order valence-electron chi connectivity index (χ1n) is 4.04. The maximum absolute atomic E-state index is 10.4. The van der Waals surface area contributed by atoms with Gasteiger partial charge in [0.25, 0.3) is 0 Å². The molecular weight excluding hydrogens is 172 g/mol. The molecule has 1 N–H and O–H groups in total. The van der Waals surface area contributed by atoms with Crippen molar-refractivity contribution in [2.45, 2.75) is 18.9 Å². The topological polar surface area (TPSA) is 42.0 Å². The van der Waals surface area contributed by atoms with E-state index in [9.17, 15) is 4.79 Å². The van der Waals surface area contributed by atoms with Crippen molar-refractivity contribution >= 4 is 17.6 Å². The number of hydrogen-bond donors (Lipinski definition) is 1. The van der Waals surface area contributed by atoms with Gasteiger partial charge < -0.3 is 5.32 Å². The first-order valence-corrected chi connectivity index (χ1v) is 4.86. The van der Waals surface area contributed by atoms with Gasteiger partial charge in [-0.25, -0.2) is 4.98 Å². The number of aromatic nitrogens is 1. The van der Waals surface area contributed by atoms with Crippen LogP contribution in [-0.2, 0) is 0 Å². The van der Waals surface area contributed by atoms with Gasteiger partial charge in [0.2, 0.25) is 0 Å². The Morgan fingerprint density at radius 3 is 3.25 bits per heavy atom. The second-order valence-electron chi connectivity index (χ2n) is 2.87. The van der Waals surface area contributed by atoms with Crippen LogP contribution in [0, 0.1) is 0 Å². The molecule has 1 unspecified atom stereocenters. The van der Waals surface area contributed by atoms with Crippen LogP contribution < -0.4 is 5.32 Å². The Balaban J connectivity index is 2.16. The van der Waals surface area contributed by atoms with Crippen LogP contribution in [-0.4, -0.2) is 17.8 Å². The van der Waals surface area contributed by atoms with Crippen LogP contribution in [0.4, 0.5) is 0 Å². The van der Waals surface area contributed by atoms with Crippen molar-refractivity contribution in [3.8, 4) is 0 Å².